The van der Waals surface area contributed by atoms with Crippen LogP contribution in [0.4, 0.5) is 10.1 Å². The topological polar surface area (TPSA) is 55.1 Å². The van der Waals surface area contributed by atoms with Crippen molar-refractivity contribution in [3.63, 3.8) is 0 Å². The number of halogens is 1. The fraction of sp³-hybridized carbons (Fsp3) is 0.364. The summed E-state index contributed by atoms with van der Waals surface area (Å²) in [4.78, 5) is 10.7. The maximum atomic E-state index is 12.9. The number of nitrogens with one attached hydrogen (secondary N) is 1. The number of anilines is 1. The third kappa shape index (κ3) is 3.58. The van der Waals surface area contributed by atoms with Gasteiger partial charge < -0.3 is 11.1 Å². The summed E-state index contributed by atoms with van der Waals surface area (Å²) in [6.45, 7) is 3.70. The average Bonchev–Trinajstić information content (AvgIpc) is 2.10. The Morgan fingerprint density at radius 3 is 2.87 bits per heavy atom. The first kappa shape index (κ1) is 11.5. The Morgan fingerprint density at radius 1 is 1.60 bits per heavy atom. The predicted octanol–water partition coefficient (Wildman–Crippen LogP) is 1.81. The minimum atomic E-state index is -0.371. The summed E-state index contributed by atoms with van der Waals surface area (Å²) in [5.74, 6) is -0.668. The predicted molar refractivity (Wildman–Crippen MR) is 58.0 cm³/mol. The molecule has 0 aliphatic carbocycles. The van der Waals surface area contributed by atoms with Crippen LogP contribution in [0.1, 0.15) is 18.9 Å². The van der Waals surface area contributed by atoms with Crippen LogP contribution >= 0.6 is 0 Å². The summed E-state index contributed by atoms with van der Waals surface area (Å²) < 4.78 is 12.9. The quantitative estimate of drug-likeness (QED) is 0.796. The van der Waals surface area contributed by atoms with E-state index in [1.807, 2.05) is 13.8 Å². The van der Waals surface area contributed by atoms with Crippen molar-refractivity contribution in [2.24, 2.45) is 5.73 Å². The van der Waals surface area contributed by atoms with Crippen LogP contribution in [0.25, 0.3) is 0 Å². The highest BCUT2D eigenvalue weighted by molar-refractivity contribution is 5.75. The van der Waals surface area contributed by atoms with Crippen molar-refractivity contribution in [2.75, 3.05) is 5.32 Å². The minimum absolute atomic E-state index is 0.0944. The molecule has 0 aliphatic rings. The summed E-state index contributed by atoms with van der Waals surface area (Å²) in [7, 11) is 0. The number of hydrogen-bond donors (Lipinski definition) is 2. The lowest BCUT2D eigenvalue weighted by Crippen LogP contribution is -2.24. The van der Waals surface area contributed by atoms with Crippen LogP contribution in [-0.4, -0.2) is 11.9 Å². The van der Waals surface area contributed by atoms with Gasteiger partial charge in [-0.05, 0) is 31.5 Å². The van der Waals surface area contributed by atoms with Crippen LogP contribution in [0.5, 0.6) is 0 Å². The van der Waals surface area contributed by atoms with Crippen molar-refractivity contribution in [1.82, 2.24) is 0 Å². The van der Waals surface area contributed by atoms with Gasteiger partial charge in [0.05, 0.1) is 0 Å². The number of hydrogen-bond acceptors (Lipinski definition) is 2. The second kappa shape index (κ2) is 4.77. The van der Waals surface area contributed by atoms with E-state index in [0.29, 0.717) is 5.69 Å². The maximum absolute atomic E-state index is 12.9. The highest BCUT2D eigenvalue weighted by Crippen LogP contribution is 2.17. The fourth-order valence-corrected chi connectivity index (χ4v) is 1.37. The van der Waals surface area contributed by atoms with Gasteiger partial charge in [0.1, 0.15) is 5.82 Å². The lowest BCUT2D eigenvalue weighted by atomic mass is 10.1. The van der Waals surface area contributed by atoms with Gasteiger partial charge in [-0.3, -0.25) is 4.79 Å². The number of amides is 1. The summed E-state index contributed by atoms with van der Waals surface area (Å²) in [6, 6.07) is 4.41. The molecule has 1 atom stereocenters. The van der Waals surface area contributed by atoms with E-state index in [-0.39, 0.29) is 24.2 Å². The monoisotopic (exact) mass is 210 g/mol. The highest BCUT2D eigenvalue weighted by atomic mass is 19.1. The van der Waals surface area contributed by atoms with Gasteiger partial charge in [-0.25, -0.2) is 4.39 Å². The first-order chi connectivity index (χ1) is 6.99. The van der Waals surface area contributed by atoms with E-state index < -0.39 is 0 Å². The second-order valence-corrected chi connectivity index (χ2v) is 3.68. The zero-order valence-corrected chi connectivity index (χ0v) is 8.88. The van der Waals surface area contributed by atoms with Crippen molar-refractivity contribution in [3.05, 3.63) is 29.6 Å². The standard InChI is InChI=1S/C11H15FN2O/c1-7-3-4-9(12)6-10(7)14-8(2)5-11(13)15/h3-4,6,8,14H,5H2,1-2H3,(H2,13,15). The number of benzene rings is 1. The zero-order chi connectivity index (χ0) is 11.4. The van der Waals surface area contributed by atoms with Crippen LogP contribution in [0.15, 0.2) is 18.2 Å². The number of primary amides is 1. The van der Waals surface area contributed by atoms with Crippen LogP contribution in [-0.2, 0) is 4.79 Å². The van der Waals surface area contributed by atoms with E-state index in [2.05, 4.69) is 5.32 Å². The molecule has 15 heavy (non-hydrogen) atoms. The lowest BCUT2D eigenvalue weighted by molar-refractivity contribution is -0.118. The average molecular weight is 210 g/mol. The van der Waals surface area contributed by atoms with Crippen LogP contribution in [0, 0.1) is 12.7 Å². The van der Waals surface area contributed by atoms with E-state index in [1.165, 1.54) is 12.1 Å². The summed E-state index contributed by atoms with van der Waals surface area (Å²) in [6.07, 6.45) is 0.232. The van der Waals surface area contributed by atoms with E-state index in [0.717, 1.165) is 5.56 Å². The zero-order valence-electron chi connectivity index (χ0n) is 8.88. The number of nitrogens with two attached hydrogens (primary N) is 1. The molecule has 3 N–H and O–H groups in total. The fourth-order valence-electron chi connectivity index (χ4n) is 1.37. The molecule has 0 aliphatic heterocycles. The number of aryl methyl sites for hydroxylation is 1. The Kier molecular flexibility index (Phi) is 3.66. The third-order valence-electron chi connectivity index (χ3n) is 2.11. The van der Waals surface area contributed by atoms with Crippen molar-refractivity contribution in [3.8, 4) is 0 Å². The number of rotatable bonds is 4. The molecule has 0 saturated heterocycles. The molecule has 0 heterocycles. The molecule has 1 aromatic carbocycles. The number of carbonyl (C=O) groups is 1. The Hall–Kier alpha value is -1.58. The molecule has 4 heteroatoms. The Balaban J connectivity index is 2.71. The molecule has 82 valence electrons. The van der Waals surface area contributed by atoms with Crippen LogP contribution in [0.3, 0.4) is 0 Å². The van der Waals surface area contributed by atoms with Crippen molar-refractivity contribution >= 4 is 11.6 Å². The molecule has 0 spiro atoms. The minimum Gasteiger partial charge on any atom is -0.382 e. The van der Waals surface area contributed by atoms with Crippen LogP contribution in [0.2, 0.25) is 0 Å². The SMILES string of the molecule is Cc1ccc(F)cc1NC(C)CC(N)=O. The Bertz CT molecular complexity index is 366. The summed E-state index contributed by atoms with van der Waals surface area (Å²) in [5.41, 5.74) is 6.70. The van der Waals surface area contributed by atoms with Gasteiger partial charge in [-0.15, -0.1) is 0 Å². The molecule has 1 amide bonds. The molecule has 0 bridgehead atoms. The highest BCUT2D eigenvalue weighted by Gasteiger charge is 2.07. The van der Waals surface area contributed by atoms with Gasteiger partial charge in [0, 0.05) is 18.2 Å². The molecule has 0 fully saturated rings. The summed E-state index contributed by atoms with van der Waals surface area (Å²) in [5, 5.41) is 3.04. The van der Waals surface area contributed by atoms with Gasteiger partial charge in [0.25, 0.3) is 0 Å². The van der Waals surface area contributed by atoms with Gasteiger partial charge in [-0.2, -0.15) is 0 Å². The van der Waals surface area contributed by atoms with Gasteiger partial charge in [0.2, 0.25) is 5.91 Å². The van der Waals surface area contributed by atoms with Gasteiger partial charge in [0.15, 0.2) is 0 Å². The molecular weight excluding hydrogens is 195 g/mol. The maximum Gasteiger partial charge on any atom is 0.219 e. The normalized spacial score (nSPS) is 12.2. The molecule has 1 unspecified atom stereocenters. The van der Waals surface area contributed by atoms with Gasteiger partial charge >= 0.3 is 0 Å². The van der Waals surface area contributed by atoms with E-state index in [1.54, 1.807) is 6.07 Å². The lowest BCUT2D eigenvalue weighted by Gasteiger charge is -2.15. The van der Waals surface area contributed by atoms with Crippen molar-refractivity contribution in [2.45, 2.75) is 26.3 Å². The van der Waals surface area contributed by atoms with E-state index >= 15 is 0 Å². The Morgan fingerprint density at radius 2 is 2.27 bits per heavy atom. The summed E-state index contributed by atoms with van der Waals surface area (Å²) >= 11 is 0. The molecule has 0 radical (unpaired) electrons. The van der Waals surface area contributed by atoms with E-state index in [4.69, 9.17) is 5.73 Å². The molecule has 3 nitrogen and oxygen atoms in total. The first-order valence-corrected chi connectivity index (χ1v) is 4.80. The van der Waals surface area contributed by atoms with Gasteiger partial charge in [-0.1, -0.05) is 6.07 Å². The smallest absolute Gasteiger partial charge is 0.219 e. The number of carbonyl (C=O) groups excluding carboxylic acids is 1. The molecule has 1 rings (SSSR count). The second-order valence-electron chi connectivity index (χ2n) is 3.68. The molecule has 0 aromatic heterocycles. The third-order valence-corrected chi connectivity index (χ3v) is 2.11. The molecular formula is C11H15FN2O. The largest absolute Gasteiger partial charge is 0.382 e. The van der Waals surface area contributed by atoms with E-state index in [9.17, 15) is 9.18 Å². The van der Waals surface area contributed by atoms with Crippen molar-refractivity contribution < 1.29 is 9.18 Å². The van der Waals surface area contributed by atoms with Crippen molar-refractivity contribution in [1.29, 1.82) is 0 Å². The Labute approximate surface area is 88.5 Å². The molecule has 1 aromatic rings. The molecule has 0 saturated carbocycles. The first-order valence-electron chi connectivity index (χ1n) is 4.80. The van der Waals surface area contributed by atoms with Crippen LogP contribution < -0.4 is 11.1 Å².